The number of carbonyl (C=O) groups is 1. The number of rotatable bonds is 5. The number of aliphatic hydroxyl groups excluding tert-OH is 1. The zero-order valence-electron chi connectivity index (χ0n) is 15.1. The lowest BCUT2D eigenvalue weighted by molar-refractivity contribution is -0.145. The molecule has 2 aliphatic heterocycles. The van der Waals surface area contributed by atoms with Crippen LogP contribution in [0, 0.1) is 0 Å². The summed E-state index contributed by atoms with van der Waals surface area (Å²) in [4.78, 5) is 17.9. The van der Waals surface area contributed by atoms with Gasteiger partial charge in [0.2, 0.25) is 0 Å². The van der Waals surface area contributed by atoms with E-state index in [4.69, 9.17) is 4.74 Å². The van der Waals surface area contributed by atoms with E-state index in [9.17, 15) is 23.1 Å². The molecule has 1 amide bonds. The Kier molecular flexibility index (Phi) is 5.02. The first-order valence-electron chi connectivity index (χ1n) is 9.16. The molecule has 2 N–H and O–H groups in total. The maximum absolute atomic E-state index is 12.9. The standard InChI is InChI=1S/C18H21F3N4O3/c19-18(20,21)12-5-11-6-14-8-24(3-4-25(14)16(11)23-7-12)17(27)15(26)10-28-9-13-1-2-22-13/h5-7,13,15,22,26H,1-4,8-10H2/t13-,15?/m1/s1. The third-order valence-electron chi connectivity index (χ3n) is 5.21. The molecule has 2 aromatic rings. The molecule has 2 aliphatic rings. The molecule has 0 bridgehead atoms. The molecule has 152 valence electrons. The molecule has 0 radical (unpaired) electrons. The van der Waals surface area contributed by atoms with E-state index in [0.29, 0.717) is 36.4 Å². The smallest absolute Gasteiger partial charge is 0.381 e. The van der Waals surface area contributed by atoms with Crippen LogP contribution in [0.3, 0.4) is 0 Å². The molecule has 2 atom stereocenters. The monoisotopic (exact) mass is 398 g/mol. The molecule has 1 fully saturated rings. The van der Waals surface area contributed by atoms with Crippen molar-refractivity contribution in [1.29, 1.82) is 0 Å². The van der Waals surface area contributed by atoms with Crippen molar-refractivity contribution in [3.8, 4) is 0 Å². The Labute approximate surface area is 159 Å². The van der Waals surface area contributed by atoms with Crippen molar-refractivity contribution in [2.75, 3.05) is 26.3 Å². The SMILES string of the molecule is O=C(C(O)COC[C@H]1CCN1)N1CCn2c(cc3cc(C(F)(F)F)cnc32)C1. The zero-order chi connectivity index (χ0) is 19.9. The maximum Gasteiger partial charge on any atom is 0.417 e. The number of hydrogen-bond donors (Lipinski definition) is 2. The van der Waals surface area contributed by atoms with Gasteiger partial charge in [-0.15, -0.1) is 0 Å². The third-order valence-corrected chi connectivity index (χ3v) is 5.21. The summed E-state index contributed by atoms with van der Waals surface area (Å²) in [5, 5.41) is 13.7. The van der Waals surface area contributed by atoms with E-state index in [0.717, 1.165) is 25.2 Å². The number of halogens is 3. The Morgan fingerprint density at radius 2 is 2.18 bits per heavy atom. The molecule has 0 spiro atoms. The number of aromatic nitrogens is 2. The van der Waals surface area contributed by atoms with Crippen molar-refractivity contribution >= 4 is 16.9 Å². The van der Waals surface area contributed by atoms with Gasteiger partial charge in [0.15, 0.2) is 6.10 Å². The highest BCUT2D eigenvalue weighted by atomic mass is 19.4. The van der Waals surface area contributed by atoms with E-state index >= 15 is 0 Å². The van der Waals surface area contributed by atoms with Gasteiger partial charge in [-0.2, -0.15) is 13.2 Å². The number of carbonyl (C=O) groups excluding carboxylic acids is 1. The van der Waals surface area contributed by atoms with Crippen LogP contribution in [0.1, 0.15) is 17.7 Å². The highest BCUT2D eigenvalue weighted by molar-refractivity contribution is 5.82. The Balaban J connectivity index is 1.42. The Bertz CT molecular complexity index is 879. The van der Waals surface area contributed by atoms with Crippen LogP contribution < -0.4 is 5.32 Å². The average Bonchev–Trinajstić information content (AvgIpc) is 2.99. The average molecular weight is 398 g/mol. The Morgan fingerprint density at radius 1 is 1.39 bits per heavy atom. The molecule has 10 heteroatoms. The van der Waals surface area contributed by atoms with Crippen LogP contribution in [-0.2, 0) is 28.8 Å². The van der Waals surface area contributed by atoms with Gasteiger partial charge < -0.3 is 24.6 Å². The number of aliphatic hydroxyl groups is 1. The van der Waals surface area contributed by atoms with Crippen LogP contribution in [-0.4, -0.2) is 63.9 Å². The van der Waals surface area contributed by atoms with Gasteiger partial charge in [-0.05, 0) is 25.1 Å². The fourth-order valence-corrected chi connectivity index (χ4v) is 3.51. The van der Waals surface area contributed by atoms with Crippen molar-refractivity contribution in [2.24, 2.45) is 0 Å². The topological polar surface area (TPSA) is 79.6 Å². The first-order valence-corrected chi connectivity index (χ1v) is 9.16. The van der Waals surface area contributed by atoms with Crippen LogP contribution in [0.5, 0.6) is 0 Å². The molecular formula is C18H21F3N4O3. The number of nitrogens with one attached hydrogen (secondary N) is 1. The van der Waals surface area contributed by atoms with E-state index in [1.54, 1.807) is 6.07 Å². The summed E-state index contributed by atoms with van der Waals surface area (Å²) >= 11 is 0. The molecular weight excluding hydrogens is 377 g/mol. The van der Waals surface area contributed by atoms with Gasteiger partial charge in [-0.25, -0.2) is 4.98 Å². The summed E-state index contributed by atoms with van der Waals surface area (Å²) in [6, 6.07) is 2.96. The van der Waals surface area contributed by atoms with Crippen molar-refractivity contribution < 1.29 is 27.8 Å². The van der Waals surface area contributed by atoms with E-state index in [1.165, 1.54) is 4.90 Å². The van der Waals surface area contributed by atoms with Crippen LogP contribution >= 0.6 is 0 Å². The molecule has 4 heterocycles. The highest BCUT2D eigenvalue weighted by Crippen LogP contribution is 2.32. The molecule has 1 unspecified atom stereocenters. The second-order valence-corrected chi connectivity index (χ2v) is 7.17. The lowest BCUT2D eigenvalue weighted by Crippen LogP contribution is -2.48. The number of alkyl halides is 3. The Hall–Kier alpha value is -2.17. The summed E-state index contributed by atoms with van der Waals surface area (Å²) in [5.41, 5.74) is 0.351. The summed E-state index contributed by atoms with van der Waals surface area (Å²) in [6.07, 6.45) is -3.87. The lowest BCUT2D eigenvalue weighted by Gasteiger charge is -2.31. The van der Waals surface area contributed by atoms with Gasteiger partial charge in [0.1, 0.15) is 5.65 Å². The van der Waals surface area contributed by atoms with Gasteiger partial charge >= 0.3 is 6.18 Å². The van der Waals surface area contributed by atoms with E-state index in [1.807, 2.05) is 4.57 Å². The normalized spacial score (nSPS) is 20.7. The van der Waals surface area contributed by atoms with Gasteiger partial charge in [0.25, 0.3) is 5.91 Å². The van der Waals surface area contributed by atoms with Gasteiger partial charge in [-0.1, -0.05) is 0 Å². The summed E-state index contributed by atoms with van der Waals surface area (Å²) in [5.74, 6) is -0.443. The fraction of sp³-hybridized carbons (Fsp3) is 0.556. The summed E-state index contributed by atoms with van der Waals surface area (Å²) < 4.78 is 45.9. The fourth-order valence-electron chi connectivity index (χ4n) is 3.51. The van der Waals surface area contributed by atoms with Gasteiger partial charge in [0, 0.05) is 36.4 Å². The molecule has 4 rings (SSSR count). The number of pyridine rings is 1. The van der Waals surface area contributed by atoms with Gasteiger partial charge in [0.05, 0.1) is 25.3 Å². The van der Waals surface area contributed by atoms with Gasteiger partial charge in [-0.3, -0.25) is 4.79 Å². The summed E-state index contributed by atoms with van der Waals surface area (Å²) in [7, 11) is 0. The quantitative estimate of drug-likeness (QED) is 0.790. The first-order chi connectivity index (χ1) is 13.3. The highest BCUT2D eigenvalue weighted by Gasteiger charge is 2.32. The molecule has 0 aliphatic carbocycles. The van der Waals surface area contributed by atoms with Crippen molar-refractivity contribution in [3.63, 3.8) is 0 Å². The first kappa shape index (κ1) is 19.2. The number of fused-ring (bicyclic) bond motifs is 3. The van der Waals surface area contributed by atoms with Crippen LogP contribution in [0.4, 0.5) is 13.2 Å². The number of amides is 1. The minimum atomic E-state index is -4.45. The number of nitrogens with zero attached hydrogens (tertiary/aromatic N) is 3. The van der Waals surface area contributed by atoms with E-state index < -0.39 is 23.8 Å². The summed E-state index contributed by atoms with van der Waals surface area (Å²) in [6.45, 7) is 2.29. The van der Waals surface area contributed by atoms with Crippen LogP contribution in [0.25, 0.3) is 11.0 Å². The van der Waals surface area contributed by atoms with Crippen molar-refractivity contribution in [1.82, 2.24) is 19.8 Å². The molecule has 2 aromatic heterocycles. The molecule has 0 saturated carbocycles. The van der Waals surface area contributed by atoms with Crippen LogP contribution in [0.15, 0.2) is 18.3 Å². The number of ether oxygens (including phenoxy) is 1. The van der Waals surface area contributed by atoms with Crippen molar-refractivity contribution in [2.45, 2.75) is 37.8 Å². The minimum absolute atomic E-state index is 0.0764. The Morgan fingerprint density at radius 3 is 2.86 bits per heavy atom. The molecule has 0 aromatic carbocycles. The minimum Gasteiger partial charge on any atom is -0.381 e. The van der Waals surface area contributed by atoms with Crippen molar-refractivity contribution in [3.05, 3.63) is 29.6 Å². The number of hydrogen-bond acceptors (Lipinski definition) is 5. The predicted octanol–water partition coefficient (Wildman–Crippen LogP) is 1.14. The molecule has 1 saturated heterocycles. The van der Waals surface area contributed by atoms with E-state index in [2.05, 4.69) is 10.3 Å². The van der Waals surface area contributed by atoms with Crippen LogP contribution in [0.2, 0.25) is 0 Å². The lowest BCUT2D eigenvalue weighted by atomic mass is 10.1. The molecule has 7 nitrogen and oxygen atoms in total. The largest absolute Gasteiger partial charge is 0.417 e. The molecule has 28 heavy (non-hydrogen) atoms. The predicted molar refractivity (Wildman–Crippen MR) is 93.4 cm³/mol. The second kappa shape index (κ2) is 7.34. The second-order valence-electron chi connectivity index (χ2n) is 7.17. The zero-order valence-corrected chi connectivity index (χ0v) is 15.1. The van der Waals surface area contributed by atoms with E-state index in [-0.39, 0.29) is 19.2 Å². The third kappa shape index (κ3) is 3.71. The maximum atomic E-state index is 12.9.